The van der Waals surface area contributed by atoms with Gasteiger partial charge < -0.3 is 15.0 Å². The van der Waals surface area contributed by atoms with E-state index in [9.17, 15) is 4.79 Å². The van der Waals surface area contributed by atoms with Crippen LogP contribution in [0, 0.1) is 5.92 Å². The van der Waals surface area contributed by atoms with Gasteiger partial charge in [0.15, 0.2) is 0 Å². The summed E-state index contributed by atoms with van der Waals surface area (Å²) < 4.78 is 6.40. The van der Waals surface area contributed by atoms with Crippen LogP contribution in [-0.4, -0.2) is 36.2 Å². The van der Waals surface area contributed by atoms with Crippen molar-refractivity contribution < 1.29 is 9.53 Å². The molecule has 1 N–H and O–H groups in total. The van der Waals surface area contributed by atoms with Crippen LogP contribution >= 0.6 is 27.5 Å². The Morgan fingerprint density at radius 3 is 2.87 bits per heavy atom. The molecule has 1 heterocycles. The molecule has 1 aromatic rings. The number of amides is 1. The van der Waals surface area contributed by atoms with E-state index in [0.717, 1.165) is 47.7 Å². The smallest absolute Gasteiger partial charge is 0.410 e. The van der Waals surface area contributed by atoms with Crippen molar-refractivity contribution in [2.45, 2.75) is 39.3 Å². The summed E-state index contributed by atoms with van der Waals surface area (Å²) in [6, 6.07) is 5.90. The van der Waals surface area contributed by atoms with Gasteiger partial charge in [-0.1, -0.05) is 33.6 Å². The van der Waals surface area contributed by atoms with Crippen LogP contribution in [0.4, 0.5) is 4.79 Å². The first-order valence-corrected chi connectivity index (χ1v) is 9.04. The molecule has 128 valence electrons. The van der Waals surface area contributed by atoms with E-state index in [4.69, 9.17) is 16.3 Å². The average molecular weight is 404 g/mol. The number of carbonyl (C=O) groups is 1. The Balaban J connectivity index is 1.74. The zero-order valence-electron chi connectivity index (χ0n) is 13.9. The lowest BCUT2D eigenvalue weighted by atomic mass is 10.1. The lowest BCUT2D eigenvalue weighted by molar-refractivity contribution is 0.0288. The van der Waals surface area contributed by atoms with Crippen LogP contribution in [0.15, 0.2) is 22.7 Å². The molecule has 1 unspecified atom stereocenters. The summed E-state index contributed by atoms with van der Waals surface area (Å²) in [5, 5.41) is 4.19. The normalized spacial score (nSPS) is 18.3. The molecule has 4 nitrogen and oxygen atoms in total. The fraction of sp³-hybridized carbons (Fsp3) is 0.588. The summed E-state index contributed by atoms with van der Waals surface area (Å²) in [6.45, 7) is 8.78. The predicted molar refractivity (Wildman–Crippen MR) is 96.8 cm³/mol. The Hall–Kier alpha value is -0.780. The zero-order valence-corrected chi connectivity index (χ0v) is 16.2. The van der Waals surface area contributed by atoms with Crippen LogP contribution < -0.4 is 5.32 Å². The van der Waals surface area contributed by atoms with E-state index in [-0.39, 0.29) is 6.09 Å². The van der Waals surface area contributed by atoms with Gasteiger partial charge in [-0.2, -0.15) is 0 Å². The van der Waals surface area contributed by atoms with Crippen molar-refractivity contribution in [2.24, 2.45) is 5.92 Å². The quantitative estimate of drug-likeness (QED) is 0.807. The number of hydrogen-bond acceptors (Lipinski definition) is 3. The van der Waals surface area contributed by atoms with Gasteiger partial charge in [-0.25, -0.2) is 4.79 Å². The van der Waals surface area contributed by atoms with E-state index in [1.54, 1.807) is 4.90 Å². The molecule has 1 atom stereocenters. The first-order chi connectivity index (χ1) is 10.7. The highest BCUT2D eigenvalue weighted by Crippen LogP contribution is 2.22. The third-order valence-corrected chi connectivity index (χ3v) is 4.55. The second kappa shape index (κ2) is 7.86. The molecule has 6 heteroatoms. The average Bonchev–Trinajstić information content (AvgIpc) is 2.88. The maximum atomic E-state index is 12.0. The molecule has 0 spiro atoms. The van der Waals surface area contributed by atoms with Crippen LogP contribution in [0.3, 0.4) is 0 Å². The van der Waals surface area contributed by atoms with Gasteiger partial charge in [-0.05, 0) is 50.8 Å². The topological polar surface area (TPSA) is 41.6 Å². The number of carbonyl (C=O) groups excluding carboxylic acids is 1. The molecule has 1 fully saturated rings. The van der Waals surface area contributed by atoms with Gasteiger partial charge >= 0.3 is 6.09 Å². The van der Waals surface area contributed by atoms with Crippen LogP contribution in [0.25, 0.3) is 0 Å². The van der Waals surface area contributed by atoms with Gasteiger partial charge in [0.05, 0.1) is 0 Å². The Labute approximate surface area is 151 Å². The summed E-state index contributed by atoms with van der Waals surface area (Å²) in [5.41, 5.74) is 0.642. The van der Waals surface area contributed by atoms with Crippen molar-refractivity contribution in [2.75, 3.05) is 19.6 Å². The van der Waals surface area contributed by atoms with Crippen molar-refractivity contribution >= 4 is 33.6 Å². The molecule has 1 amide bonds. The molecule has 0 bridgehead atoms. The number of likely N-dealkylation sites (tertiary alicyclic amines) is 1. The molecular weight excluding hydrogens is 380 g/mol. The lowest BCUT2D eigenvalue weighted by Gasteiger charge is -2.24. The first kappa shape index (κ1) is 18.6. The second-order valence-electron chi connectivity index (χ2n) is 6.95. The van der Waals surface area contributed by atoms with E-state index >= 15 is 0 Å². The van der Waals surface area contributed by atoms with Crippen molar-refractivity contribution in [1.82, 2.24) is 10.2 Å². The summed E-state index contributed by atoms with van der Waals surface area (Å²) in [7, 11) is 0. The van der Waals surface area contributed by atoms with Crippen LogP contribution in [0.2, 0.25) is 5.02 Å². The third kappa shape index (κ3) is 5.98. The maximum absolute atomic E-state index is 12.0. The van der Waals surface area contributed by atoms with Gasteiger partial charge in [0.25, 0.3) is 0 Å². The number of halogens is 2. The van der Waals surface area contributed by atoms with E-state index in [1.165, 1.54) is 0 Å². The molecule has 1 aromatic carbocycles. The number of rotatable bonds is 4. The molecule has 2 rings (SSSR count). The summed E-state index contributed by atoms with van der Waals surface area (Å²) in [5.74, 6) is 0.455. The van der Waals surface area contributed by atoms with Gasteiger partial charge in [0.1, 0.15) is 5.60 Å². The SMILES string of the molecule is CC(C)(C)OC(=O)N1CCC(CNCc2ccc(Br)cc2Cl)C1. The second-order valence-corrected chi connectivity index (χ2v) is 8.27. The van der Waals surface area contributed by atoms with Crippen molar-refractivity contribution in [1.29, 1.82) is 0 Å². The maximum Gasteiger partial charge on any atom is 0.410 e. The highest BCUT2D eigenvalue weighted by atomic mass is 79.9. The van der Waals surface area contributed by atoms with Crippen LogP contribution in [-0.2, 0) is 11.3 Å². The molecule has 0 aromatic heterocycles. The van der Waals surface area contributed by atoms with Crippen LogP contribution in [0.5, 0.6) is 0 Å². The van der Waals surface area contributed by atoms with Crippen molar-refractivity contribution in [3.05, 3.63) is 33.3 Å². The predicted octanol–water partition coefficient (Wildman–Crippen LogP) is 4.45. The minimum Gasteiger partial charge on any atom is -0.444 e. The van der Waals surface area contributed by atoms with Crippen molar-refractivity contribution in [3.8, 4) is 0 Å². The van der Waals surface area contributed by atoms with E-state index in [2.05, 4.69) is 21.2 Å². The summed E-state index contributed by atoms with van der Waals surface area (Å²) in [6.07, 6.45) is 0.788. The minimum absolute atomic E-state index is 0.212. The summed E-state index contributed by atoms with van der Waals surface area (Å²) in [4.78, 5) is 13.8. The van der Waals surface area contributed by atoms with E-state index in [0.29, 0.717) is 5.92 Å². The van der Waals surface area contributed by atoms with Gasteiger partial charge in [-0.15, -0.1) is 0 Å². The van der Waals surface area contributed by atoms with Crippen LogP contribution in [0.1, 0.15) is 32.8 Å². The highest BCUT2D eigenvalue weighted by Gasteiger charge is 2.29. The molecule has 1 aliphatic rings. The molecule has 0 aliphatic carbocycles. The molecule has 1 aliphatic heterocycles. The van der Waals surface area contributed by atoms with E-state index in [1.807, 2.05) is 39.0 Å². The first-order valence-electron chi connectivity index (χ1n) is 7.87. The highest BCUT2D eigenvalue weighted by molar-refractivity contribution is 9.10. The Kier molecular flexibility index (Phi) is 6.34. The van der Waals surface area contributed by atoms with Crippen molar-refractivity contribution in [3.63, 3.8) is 0 Å². The number of nitrogens with one attached hydrogen (secondary N) is 1. The molecule has 0 saturated carbocycles. The zero-order chi connectivity index (χ0) is 17.0. The molecule has 23 heavy (non-hydrogen) atoms. The summed E-state index contributed by atoms with van der Waals surface area (Å²) >= 11 is 9.62. The molecule has 0 radical (unpaired) electrons. The third-order valence-electron chi connectivity index (χ3n) is 3.70. The Bertz CT molecular complexity index is 560. The fourth-order valence-electron chi connectivity index (χ4n) is 2.57. The lowest BCUT2D eigenvalue weighted by Crippen LogP contribution is -2.36. The van der Waals surface area contributed by atoms with E-state index < -0.39 is 5.60 Å². The number of nitrogens with zero attached hydrogens (tertiary/aromatic N) is 1. The van der Waals surface area contributed by atoms with Gasteiger partial charge in [0, 0.05) is 35.7 Å². The van der Waals surface area contributed by atoms with Gasteiger partial charge in [0.2, 0.25) is 0 Å². The largest absolute Gasteiger partial charge is 0.444 e. The molecule has 1 saturated heterocycles. The van der Waals surface area contributed by atoms with Gasteiger partial charge in [-0.3, -0.25) is 0 Å². The minimum atomic E-state index is -0.439. The number of hydrogen-bond donors (Lipinski definition) is 1. The Morgan fingerprint density at radius 2 is 2.22 bits per heavy atom. The fourth-order valence-corrected chi connectivity index (χ4v) is 3.31. The number of ether oxygens (including phenoxy) is 1. The Morgan fingerprint density at radius 1 is 1.48 bits per heavy atom. The number of benzene rings is 1. The standard InChI is InChI=1S/C17H24BrClN2O2/c1-17(2,3)23-16(22)21-7-6-12(11-21)9-20-10-13-4-5-14(18)8-15(13)19/h4-5,8,12,20H,6-7,9-11H2,1-3H3. The molecular formula is C17H24BrClN2O2. The monoisotopic (exact) mass is 402 g/mol.